The lowest BCUT2D eigenvalue weighted by Crippen LogP contribution is -2.57. The Morgan fingerprint density at radius 2 is 1.81 bits per heavy atom. The molecule has 2 heterocycles. The molecule has 1 spiro atoms. The number of urea groups is 1. The molecule has 2 saturated heterocycles. The minimum Gasteiger partial charge on any atom is -0.317 e. The maximum absolute atomic E-state index is 12.2. The number of carbonyl (C=O) groups excluding carboxylic acids is 2. The Kier molecular flexibility index (Phi) is 2.66. The first kappa shape index (κ1) is 11.4. The first-order valence-corrected chi connectivity index (χ1v) is 5.83. The second-order valence-electron chi connectivity index (χ2n) is 4.89. The number of rotatable bonds is 1. The molecule has 0 aromatic rings. The lowest BCUT2D eigenvalue weighted by molar-refractivity contribution is -0.134. The topological polar surface area (TPSA) is 52.7 Å². The summed E-state index contributed by atoms with van der Waals surface area (Å²) < 4.78 is 0. The number of hydrogen-bond acceptors (Lipinski definition) is 3. The van der Waals surface area contributed by atoms with Gasteiger partial charge in [0.1, 0.15) is 5.54 Å². The van der Waals surface area contributed by atoms with Gasteiger partial charge in [-0.2, -0.15) is 0 Å². The number of piperidine rings is 1. The van der Waals surface area contributed by atoms with Crippen LogP contribution in [-0.2, 0) is 4.79 Å². The molecule has 2 aliphatic heterocycles. The van der Waals surface area contributed by atoms with Crippen molar-refractivity contribution in [1.29, 1.82) is 0 Å². The first-order chi connectivity index (χ1) is 7.50. The number of amides is 3. The van der Waals surface area contributed by atoms with Gasteiger partial charge < -0.3 is 10.2 Å². The van der Waals surface area contributed by atoms with E-state index >= 15 is 0 Å². The monoisotopic (exact) mass is 225 g/mol. The lowest BCUT2D eigenvalue weighted by atomic mass is 9.86. The molecule has 1 N–H and O–H groups in total. The van der Waals surface area contributed by atoms with Crippen LogP contribution in [-0.4, -0.2) is 53.5 Å². The van der Waals surface area contributed by atoms with Gasteiger partial charge >= 0.3 is 6.03 Å². The van der Waals surface area contributed by atoms with E-state index in [1.807, 2.05) is 13.8 Å². The lowest BCUT2D eigenvalue weighted by Gasteiger charge is -2.40. The summed E-state index contributed by atoms with van der Waals surface area (Å²) in [7, 11) is 1.58. The smallest absolute Gasteiger partial charge is 0.317 e. The highest BCUT2D eigenvalue weighted by molar-refractivity contribution is 6.07. The van der Waals surface area contributed by atoms with E-state index in [-0.39, 0.29) is 18.0 Å². The Balaban J connectivity index is 2.39. The number of nitrogens with zero attached hydrogens (tertiary/aromatic N) is 2. The van der Waals surface area contributed by atoms with Crippen LogP contribution in [0.25, 0.3) is 0 Å². The van der Waals surface area contributed by atoms with E-state index < -0.39 is 5.54 Å². The van der Waals surface area contributed by atoms with E-state index in [4.69, 9.17) is 0 Å². The van der Waals surface area contributed by atoms with Crippen LogP contribution in [0.5, 0.6) is 0 Å². The molecule has 0 aliphatic carbocycles. The van der Waals surface area contributed by atoms with E-state index in [0.717, 1.165) is 25.9 Å². The minimum atomic E-state index is -0.578. The predicted molar refractivity (Wildman–Crippen MR) is 60.0 cm³/mol. The predicted octanol–water partition coefficient (Wildman–Crippen LogP) is 0.411. The van der Waals surface area contributed by atoms with Crippen LogP contribution in [0, 0.1) is 0 Å². The van der Waals surface area contributed by atoms with E-state index in [0.29, 0.717) is 0 Å². The Morgan fingerprint density at radius 1 is 1.25 bits per heavy atom. The number of likely N-dealkylation sites (N-methyl/N-ethyl adjacent to an activating group) is 1. The Morgan fingerprint density at radius 3 is 2.31 bits per heavy atom. The molecule has 2 rings (SSSR count). The van der Waals surface area contributed by atoms with Crippen molar-refractivity contribution >= 4 is 11.9 Å². The standard InChI is InChI=1S/C11H19N3O2/c1-8(2)14-10(16)13(3)9(15)11(14)4-6-12-7-5-11/h8,12H,4-7H2,1-3H3. The van der Waals surface area contributed by atoms with Gasteiger partial charge in [-0.3, -0.25) is 9.69 Å². The molecule has 2 aliphatic rings. The average molecular weight is 225 g/mol. The van der Waals surface area contributed by atoms with Crippen molar-refractivity contribution in [3.8, 4) is 0 Å². The first-order valence-electron chi connectivity index (χ1n) is 5.83. The molecule has 16 heavy (non-hydrogen) atoms. The van der Waals surface area contributed by atoms with Crippen LogP contribution >= 0.6 is 0 Å². The SMILES string of the molecule is CC(C)N1C(=O)N(C)C(=O)C12CCNCC2. The highest BCUT2D eigenvalue weighted by Gasteiger charge is 2.56. The second kappa shape index (κ2) is 3.73. The fraction of sp³-hybridized carbons (Fsp3) is 0.818. The van der Waals surface area contributed by atoms with Gasteiger partial charge in [-0.05, 0) is 39.8 Å². The highest BCUT2D eigenvalue weighted by Crippen LogP contribution is 2.36. The maximum Gasteiger partial charge on any atom is 0.327 e. The van der Waals surface area contributed by atoms with E-state index in [2.05, 4.69) is 5.32 Å². The van der Waals surface area contributed by atoms with Crippen LogP contribution in [0.3, 0.4) is 0 Å². The van der Waals surface area contributed by atoms with Crippen LogP contribution in [0.2, 0.25) is 0 Å². The summed E-state index contributed by atoms with van der Waals surface area (Å²) in [5, 5.41) is 3.24. The van der Waals surface area contributed by atoms with E-state index in [1.54, 1.807) is 11.9 Å². The molecule has 0 radical (unpaired) electrons. The van der Waals surface area contributed by atoms with Gasteiger partial charge in [-0.25, -0.2) is 4.79 Å². The van der Waals surface area contributed by atoms with Gasteiger partial charge in [-0.1, -0.05) is 0 Å². The molecule has 5 nitrogen and oxygen atoms in total. The van der Waals surface area contributed by atoms with Crippen LogP contribution in [0.4, 0.5) is 4.79 Å². The molecule has 0 aromatic heterocycles. The Hall–Kier alpha value is -1.10. The second-order valence-corrected chi connectivity index (χ2v) is 4.89. The summed E-state index contributed by atoms with van der Waals surface area (Å²) in [5.41, 5.74) is -0.578. The highest BCUT2D eigenvalue weighted by atomic mass is 16.2. The zero-order valence-corrected chi connectivity index (χ0v) is 10.1. The van der Waals surface area contributed by atoms with Gasteiger partial charge in [-0.15, -0.1) is 0 Å². The number of hydrogen-bond donors (Lipinski definition) is 1. The molecular formula is C11H19N3O2. The summed E-state index contributed by atoms with van der Waals surface area (Å²) in [5.74, 6) is -0.0345. The summed E-state index contributed by atoms with van der Waals surface area (Å²) in [6.07, 6.45) is 1.44. The van der Waals surface area contributed by atoms with Crippen molar-refractivity contribution in [1.82, 2.24) is 15.1 Å². The van der Waals surface area contributed by atoms with Crippen molar-refractivity contribution in [2.75, 3.05) is 20.1 Å². The normalized spacial score (nSPS) is 25.0. The molecule has 0 unspecified atom stereocenters. The molecule has 0 saturated carbocycles. The largest absolute Gasteiger partial charge is 0.327 e. The van der Waals surface area contributed by atoms with E-state index in [1.165, 1.54) is 4.90 Å². The van der Waals surface area contributed by atoms with Crippen molar-refractivity contribution in [3.63, 3.8) is 0 Å². The molecule has 0 bridgehead atoms. The van der Waals surface area contributed by atoms with Crippen molar-refractivity contribution in [2.45, 2.75) is 38.3 Å². The van der Waals surface area contributed by atoms with Crippen LogP contribution < -0.4 is 5.32 Å². The zero-order valence-electron chi connectivity index (χ0n) is 10.1. The summed E-state index contributed by atoms with van der Waals surface area (Å²) >= 11 is 0. The molecule has 3 amide bonds. The van der Waals surface area contributed by atoms with Gasteiger partial charge in [0.2, 0.25) is 0 Å². The van der Waals surface area contributed by atoms with E-state index in [9.17, 15) is 9.59 Å². The van der Waals surface area contributed by atoms with Crippen LogP contribution in [0.1, 0.15) is 26.7 Å². The number of nitrogens with one attached hydrogen (secondary N) is 1. The fourth-order valence-electron chi connectivity index (χ4n) is 2.86. The fourth-order valence-corrected chi connectivity index (χ4v) is 2.86. The number of imide groups is 1. The molecule has 90 valence electrons. The summed E-state index contributed by atoms with van der Waals surface area (Å²) in [4.78, 5) is 27.3. The number of carbonyl (C=O) groups is 2. The third kappa shape index (κ3) is 1.34. The molecule has 2 fully saturated rings. The molecule has 5 heteroatoms. The molecule has 0 aromatic carbocycles. The molecular weight excluding hydrogens is 206 g/mol. The van der Waals surface area contributed by atoms with Crippen molar-refractivity contribution in [3.05, 3.63) is 0 Å². The third-order valence-corrected chi connectivity index (χ3v) is 3.60. The van der Waals surface area contributed by atoms with Crippen molar-refractivity contribution < 1.29 is 9.59 Å². The summed E-state index contributed by atoms with van der Waals surface area (Å²) in [6, 6.07) is -0.0820. The third-order valence-electron chi connectivity index (χ3n) is 3.60. The van der Waals surface area contributed by atoms with Crippen LogP contribution in [0.15, 0.2) is 0 Å². The van der Waals surface area contributed by atoms with Gasteiger partial charge in [0.05, 0.1) is 0 Å². The summed E-state index contributed by atoms with van der Waals surface area (Å²) in [6.45, 7) is 5.54. The maximum atomic E-state index is 12.2. The minimum absolute atomic E-state index is 0.0345. The Labute approximate surface area is 95.8 Å². The Bertz CT molecular complexity index is 321. The quantitative estimate of drug-likeness (QED) is 0.658. The van der Waals surface area contributed by atoms with Crippen molar-refractivity contribution in [2.24, 2.45) is 0 Å². The van der Waals surface area contributed by atoms with Gasteiger partial charge in [0.15, 0.2) is 0 Å². The van der Waals surface area contributed by atoms with Gasteiger partial charge in [0, 0.05) is 13.1 Å². The molecule has 0 atom stereocenters. The van der Waals surface area contributed by atoms with Gasteiger partial charge in [0.25, 0.3) is 5.91 Å². The zero-order chi connectivity index (χ0) is 11.9. The average Bonchev–Trinajstić information content (AvgIpc) is 2.43.